The molecule has 26 heavy (non-hydrogen) atoms. The first-order valence-electron chi connectivity index (χ1n) is 8.24. The second-order valence-electron chi connectivity index (χ2n) is 6.12. The molecule has 0 atom stereocenters. The Morgan fingerprint density at radius 2 is 1.85 bits per heavy atom. The van der Waals surface area contributed by atoms with Crippen LogP contribution in [-0.2, 0) is 0 Å². The van der Waals surface area contributed by atoms with Gasteiger partial charge in [0.1, 0.15) is 0 Å². The van der Waals surface area contributed by atoms with Crippen LogP contribution in [0.1, 0.15) is 10.5 Å². The summed E-state index contributed by atoms with van der Waals surface area (Å²) < 4.78 is 2.53. The van der Waals surface area contributed by atoms with E-state index in [0.717, 1.165) is 22.4 Å². The number of para-hydroxylation sites is 1. The van der Waals surface area contributed by atoms with E-state index >= 15 is 0 Å². The fourth-order valence-corrected chi connectivity index (χ4v) is 2.89. The smallest absolute Gasteiger partial charge is 0.280 e. The van der Waals surface area contributed by atoms with E-state index < -0.39 is 0 Å². The number of benzene rings is 2. The van der Waals surface area contributed by atoms with Crippen LogP contribution in [0.4, 0.5) is 5.69 Å². The number of hydrogen-bond acceptors (Lipinski definition) is 4. The molecule has 0 aliphatic carbocycles. The number of anilines is 1. The van der Waals surface area contributed by atoms with Gasteiger partial charge in [0.25, 0.3) is 5.91 Å². The molecule has 0 spiro atoms. The van der Waals surface area contributed by atoms with Crippen molar-refractivity contribution in [2.24, 2.45) is 0 Å². The van der Waals surface area contributed by atoms with E-state index in [-0.39, 0.29) is 5.91 Å². The Labute approximate surface area is 161 Å². The molecule has 0 aliphatic rings. The highest BCUT2D eigenvalue weighted by molar-refractivity contribution is 9.10. The van der Waals surface area contributed by atoms with Crippen molar-refractivity contribution in [3.8, 4) is 5.69 Å². The van der Waals surface area contributed by atoms with Gasteiger partial charge in [-0.15, -0.1) is 5.10 Å². The van der Waals surface area contributed by atoms with E-state index in [0.29, 0.717) is 12.2 Å². The Balaban J connectivity index is 1.89. The molecule has 7 heteroatoms. The minimum atomic E-state index is -0.174. The maximum atomic E-state index is 13.1. The van der Waals surface area contributed by atoms with Crippen LogP contribution in [0.25, 0.3) is 5.69 Å². The predicted octanol–water partition coefficient (Wildman–Crippen LogP) is 3.24. The van der Waals surface area contributed by atoms with Crippen LogP contribution < -0.4 is 4.90 Å². The Bertz CT molecular complexity index is 878. The van der Waals surface area contributed by atoms with E-state index in [9.17, 15) is 4.79 Å². The van der Waals surface area contributed by atoms with Crippen molar-refractivity contribution in [2.45, 2.75) is 0 Å². The van der Waals surface area contributed by atoms with Crippen LogP contribution in [0.15, 0.2) is 65.3 Å². The van der Waals surface area contributed by atoms with E-state index in [1.807, 2.05) is 73.6 Å². The molecule has 0 unspecified atom stereocenters. The molecule has 3 rings (SSSR count). The lowest BCUT2D eigenvalue weighted by Crippen LogP contribution is -2.37. The lowest BCUT2D eigenvalue weighted by molar-refractivity contribution is 0.0980. The van der Waals surface area contributed by atoms with E-state index in [4.69, 9.17) is 0 Å². The molecule has 0 bridgehead atoms. The highest BCUT2D eigenvalue weighted by atomic mass is 79.9. The molecular formula is C19H20BrN5O. The van der Waals surface area contributed by atoms with Gasteiger partial charge in [0.2, 0.25) is 0 Å². The molecule has 0 aliphatic heterocycles. The molecular weight excluding hydrogens is 394 g/mol. The predicted molar refractivity (Wildman–Crippen MR) is 106 cm³/mol. The third-order valence-corrected chi connectivity index (χ3v) is 4.36. The monoisotopic (exact) mass is 413 g/mol. The molecule has 1 amide bonds. The van der Waals surface area contributed by atoms with Gasteiger partial charge in [-0.1, -0.05) is 45.4 Å². The van der Waals surface area contributed by atoms with Crippen molar-refractivity contribution in [1.29, 1.82) is 0 Å². The quantitative estimate of drug-likeness (QED) is 0.622. The standard InChI is InChI=1S/C19H20BrN5O/c1-23(2)11-12-24(17-10-6-7-15(20)13-17)19(26)18-14-25(22-21-18)16-8-4-3-5-9-16/h3-10,13-14H,11-12H2,1-2H3. The molecule has 0 fully saturated rings. The van der Waals surface area contributed by atoms with Gasteiger partial charge in [-0.3, -0.25) is 4.79 Å². The third-order valence-electron chi connectivity index (χ3n) is 3.87. The zero-order valence-electron chi connectivity index (χ0n) is 14.7. The van der Waals surface area contributed by atoms with Crippen LogP contribution in [0.5, 0.6) is 0 Å². The number of amides is 1. The summed E-state index contributed by atoms with van der Waals surface area (Å²) in [6.45, 7) is 1.30. The first kappa shape index (κ1) is 18.3. The van der Waals surface area contributed by atoms with E-state index in [2.05, 4.69) is 26.2 Å². The number of nitrogens with zero attached hydrogens (tertiary/aromatic N) is 5. The van der Waals surface area contributed by atoms with Crippen molar-refractivity contribution >= 4 is 27.5 Å². The van der Waals surface area contributed by atoms with Gasteiger partial charge in [-0.2, -0.15) is 0 Å². The molecule has 1 aromatic heterocycles. The Hall–Kier alpha value is -2.51. The normalized spacial score (nSPS) is 10.9. The van der Waals surface area contributed by atoms with Gasteiger partial charge < -0.3 is 9.80 Å². The average Bonchev–Trinajstić information content (AvgIpc) is 3.12. The summed E-state index contributed by atoms with van der Waals surface area (Å²) in [6, 6.07) is 17.3. The maximum absolute atomic E-state index is 13.1. The first-order valence-corrected chi connectivity index (χ1v) is 9.04. The minimum Gasteiger partial charge on any atom is -0.308 e. The Kier molecular flexibility index (Phi) is 5.80. The molecule has 6 nitrogen and oxygen atoms in total. The second-order valence-corrected chi connectivity index (χ2v) is 7.04. The minimum absolute atomic E-state index is 0.174. The number of carbonyl (C=O) groups excluding carboxylic acids is 1. The number of halogens is 1. The molecule has 134 valence electrons. The summed E-state index contributed by atoms with van der Waals surface area (Å²) in [7, 11) is 3.96. The fourth-order valence-electron chi connectivity index (χ4n) is 2.50. The number of hydrogen-bond donors (Lipinski definition) is 0. The van der Waals surface area contributed by atoms with Crippen molar-refractivity contribution < 1.29 is 4.79 Å². The van der Waals surface area contributed by atoms with Gasteiger partial charge in [-0.25, -0.2) is 4.68 Å². The van der Waals surface area contributed by atoms with Crippen molar-refractivity contribution in [3.05, 3.63) is 71.0 Å². The van der Waals surface area contributed by atoms with Gasteiger partial charge in [0, 0.05) is 23.2 Å². The average molecular weight is 414 g/mol. The SMILES string of the molecule is CN(C)CCN(C(=O)c1cn(-c2ccccc2)nn1)c1cccc(Br)c1. The van der Waals surface area contributed by atoms with Crippen molar-refractivity contribution in [2.75, 3.05) is 32.1 Å². The van der Waals surface area contributed by atoms with Gasteiger partial charge >= 0.3 is 0 Å². The van der Waals surface area contributed by atoms with Gasteiger partial charge in [-0.05, 0) is 44.4 Å². The van der Waals surface area contributed by atoms with Crippen LogP contribution >= 0.6 is 15.9 Å². The van der Waals surface area contributed by atoms with E-state index in [1.165, 1.54) is 0 Å². The number of likely N-dealkylation sites (N-methyl/N-ethyl adjacent to an activating group) is 1. The summed E-state index contributed by atoms with van der Waals surface area (Å²) in [4.78, 5) is 16.9. The van der Waals surface area contributed by atoms with Crippen LogP contribution in [0.2, 0.25) is 0 Å². The van der Waals surface area contributed by atoms with Crippen LogP contribution in [0.3, 0.4) is 0 Å². The summed E-state index contributed by atoms with van der Waals surface area (Å²) in [6.07, 6.45) is 1.66. The molecule has 0 N–H and O–H groups in total. The first-order chi connectivity index (χ1) is 12.5. The van der Waals surface area contributed by atoms with Gasteiger partial charge in [0.05, 0.1) is 11.9 Å². The lowest BCUT2D eigenvalue weighted by Gasteiger charge is -2.23. The maximum Gasteiger partial charge on any atom is 0.280 e. The number of carbonyl (C=O) groups is 1. The number of rotatable bonds is 6. The molecule has 2 aromatic carbocycles. The van der Waals surface area contributed by atoms with E-state index in [1.54, 1.807) is 15.8 Å². The second kappa shape index (κ2) is 8.25. The molecule has 3 aromatic rings. The summed E-state index contributed by atoms with van der Waals surface area (Å²) >= 11 is 3.47. The summed E-state index contributed by atoms with van der Waals surface area (Å²) in [5.74, 6) is -0.174. The lowest BCUT2D eigenvalue weighted by atomic mass is 10.2. The van der Waals surface area contributed by atoms with Gasteiger partial charge in [0.15, 0.2) is 5.69 Å². The molecule has 0 saturated heterocycles. The largest absolute Gasteiger partial charge is 0.308 e. The van der Waals surface area contributed by atoms with Crippen LogP contribution in [-0.4, -0.2) is 53.0 Å². The molecule has 0 radical (unpaired) electrons. The molecule has 1 heterocycles. The number of aromatic nitrogens is 3. The highest BCUT2D eigenvalue weighted by Crippen LogP contribution is 2.21. The summed E-state index contributed by atoms with van der Waals surface area (Å²) in [5.41, 5.74) is 1.99. The van der Waals surface area contributed by atoms with Crippen LogP contribution in [0, 0.1) is 0 Å². The fraction of sp³-hybridized carbons (Fsp3) is 0.211. The van der Waals surface area contributed by atoms with Crippen molar-refractivity contribution in [1.82, 2.24) is 19.9 Å². The zero-order chi connectivity index (χ0) is 18.5. The Morgan fingerprint density at radius 1 is 1.08 bits per heavy atom. The third kappa shape index (κ3) is 4.36. The highest BCUT2D eigenvalue weighted by Gasteiger charge is 2.21. The zero-order valence-corrected chi connectivity index (χ0v) is 16.3. The van der Waals surface area contributed by atoms with Crippen molar-refractivity contribution in [3.63, 3.8) is 0 Å². The molecule has 0 saturated carbocycles. The topological polar surface area (TPSA) is 54.3 Å². The summed E-state index contributed by atoms with van der Waals surface area (Å²) in [5, 5.41) is 8.18. The Morgan fingerprint density at radius 3 is 2.54 bits per heavy atom.